The summed E-state index contributed by atoms with van der Waals surface area (Å²) in [5, 5.41) is 58.8. The van der Waals surface area contributed by atoms with Crippen LogP contribution in [-0.4, -0.2) is 209 Å². The molecule has 1 aromatic carbocycles. The average Bonchev–Trinajstić information content (AvgIpc) is 2.06. The highest BCUT2D eigenvalue weighted by atomic mass is 32.2. The van der Waals surface area contributed by atoms with Gasteiger partial charge in [-0.05, 0) is 61.8 Å². The summed E-state index contributed by atoms with van der Waals surface area (Å²) >= 11 is 0. The number of H-pyrrole nitrogens is 1. The Labute approximate surface area is 498 Å². The Bertz CT molecular complexity index is 3010. The number of carbonyl (C=O) groups is 12. The number of ketones is 2. The van der Waals surface area contributed by atoms with Crippen molar-refractivity contribution in [2.75, 3.05) is 51.6 Å². The van der Waals surface area contributed by atoms with Gasteiger partial charge in [-0.1, -0.05) is 33.6 Å². The number of aromatic hydroxyl groups is 1. The highest BCUT2D eigenvalue weighted by Gasteiger charge is 2.45. The number of carbonyl (C=O) groups excluding carboxylic acids is 12. The number of aliphatic hydroxyl groups excluding tert-OH is 3. The summed E-state index contributed by atoms with van der Waals surface area (Å²) in [5.74, 6) is -13.9. The number of hydrogen-bond acceptors (Lipinski definition) is 18. The molecule has 470 valence electrons. The molecule has 2 fully saturated rings. The molecule has 12 atom stereocenters. The Morgan fingerprint density at radius 2 is 1.51 bits per heavy atom. The van der Waals surface area contributed by atoms with Crippen LogP contribution in [0.5, 0.6) is 5.75 Å². The fourth-order valence-electron chi connectivity index (χ4n) is 11.7. The summed E-state index contributed by atoms with van der Waals surface area (Å²) in [6.07, 6.45) is 0.940. The van der Waals surface area contributed by atoms with Crippen LogP contribution in [0.1, 0.15) is 103 Å². The van der Waals surface area contributed by atoms with E-state index in [9.17, 15) is 78.0 Å². The summed E-state index contributed by atoms with van der Waals surface area (Å²) in [4.78, 5) is 171. The number of phenolic OH excluding ortho intramolecular Hbond substituents is 1. The zero-order chi connectivity index (χ0) is 62.7. The van der Waals surface area contributed by atoms with E-state index in [1.807, 2.05) is 0 Å². The normalized spacial score (nSPS) is 27.2. The second-order valence-corrected chi connectivity index (χ2v) is 24.6. The molecule has 2 bridgehead atoms. The van der Waals surface area contributed by atoms with Crippen molar-refractivity contribution in [1.82, 2.24) is 51.6 Å². The van der Waals surface area contributed by atoms with Gasteiger partial charge in [0.05, 0.1) is 65.9 Å². The Kier molecular flexibility index (Phi) is 22.9. The largest absolute Gasteiger partial charge is 0.508 e. The van der Waals surface area contributed by atoms with Crippen molar-refractivity contribution < 1.29 is 82.2 Å². The lowest BCUT2D eigenvalue weighted by Gasteiger charge is -2.32. The minimum absolute atomic E-state index is 0.0718. The smallest absolute Gasteiger partial charge is 0.253 e. The maximum Gasteiger partial charge on any atom is 0.253 e. The topological polar surface area (TPSA) is 427 Å². The van der Waals surface area contributed by atoms with Gasteiger partial charge in [0, 0.05) is 93.7 Å². The molecule has 1 aromatic heterocycles. The first-order valence-electron chi connectivity index (χ1n) is 29.2. The number of hydrogen-bond donors (Lipinski definition) is 12. The van der Waals surface area contributed by atoms with Gasteiger partial charge in [-0.3, -0.25) is 71.5 Å². The number of fused-ring (bicyclic) bond motifs is 5. The number of nitrogens with one attached hydrogen (secondary N) is 7. The summed E-state index contributed by atoms with van der Waals surface area (Å²) < 4.78 is 15.3. The number of aromatic nitrogens is 1. The molecule has 13 N–H and O–H groups in total. The molecule has 0 aliphatic carbocycles. The molecule has 2 aromatic rings. The van der Waals surface area contributed by atoms with Gasteiger partial charge in [0.15, 0.2) is 5.78 Å². The summed E-state index contributed by atoms with van der Waals surface area (Å²) in [5.41, 5.74) is 6.21. The van der Waals surface area contributed by atoms with E-state index >= 15 is 4.21 Å². The van der Waals surface area contributed by atoms with E-state index in [1.165, 1.54) is 36.1 Å². The first-order valence-corrected chi connectivity index (χ1v) is 30.5. The molecule has 5 aliphatic heterocycles. The molecule has 0 saturated carbocycles. The van der Waals surface area contributed by atoms with Gasteiger partial charge in [-0.2, -0.15) is 0 Å². The number of amides is 10. The Morgan fingerprint density at radius 1 is 0.814 bits per heavy atom. The molecule has 5 aliphatic rings. The monoisotopic (exact) mass is 1220 g/mol. The van der Waals surface area contributed by atoms with Gasteiger partial charge in [0.1, 0.15) is 40.7 Å². The van der Waals surface area contributed by atoms with E-state index in [2.05, 4.69) is 41.8 Å². The number of aromatic amines is 1. The van der Waals surface area contributed by atoms with Crippen LogP contribution in [0.3, 0.4) is 0 Å². The van der Waals surface area contributed by atoms with Gasteiger partial charge >= 0.3 is 0 Å². The zero-order valence-electron chi connectivity index (χ0n) is 48.4. The minimum Gasteiger partial charge on any atom is -0.508 e. The quantitative estimate of drug-likeness (QED) is 0.0517. The van der Waals surface area contributed by atoms with Crippen molar-refractivity contribution in [2.45, 2.75) is 152 Å². The van der Waals surface area contributed by atoms with Crippen LogP contribution in [0.2, 0.25) is 0 Å². The van der Waals surface area contributed by atoms with E-state index in [0.717, 1.165) is 4.90 Å². The van der Waals surface area contributed by atoms with Crippen molar-refractivity contribution in [3.63, 3.8) is 0 Å². The lowest BCUT2D eigenvalue weighted by atomic mass is 9.93. The van der Waals surface area contributed by atoms with Crippen LogP contribution in [0.4, 0.5) is 0 Å². The van der Waals surface area contributed by atoms with Gasteiger partial charge in [-0.25, -0.2) is 0 Å². The van der Waals surface area contributed by atoms with Crippen LogP contribution >= 0.6 is 0 Å². The van der Waals surface area contributed by atoms with E-state index in [1.54, 1.807) is 13.8 Å². The second kappa shape index (κ2) is 29.8. The van der Waals surface area contributed by atoms with Gasteiger partial charge < -0.3 is 67.9 Å². The average molecular weight is 1220 g/mol. The third kappa shape index (κ3) is 16.5. The molecular weight excluding hydrogens is 1140 g/mol. The maximum absolute atomic E-state index is 15.3. The van der Waals surface area contributed by atoms with Gasteiger partial charge in [0.25, 0.3) is 11.8 Å². The predicted octanol–water partition coefficient (Wildman–Crippen LogP) is -3.17. The van der Waals surface area contributed by atoms with Gasteiger partial charge in [-0.15, -0.1) is 0 Å². The van der Waals surface area contributed by atoms with E-state index in [4.69, 9.17) is 5.73 Å². The molecular formula is C57H79N11O17S. The van der Waals surface area contributed by atoms with Crippen molar-refractivity contribution in [1.29, 1.82) is 0 Å². The molecule has 0 spiro atoms. The lowest BCUT2D eigenvalue weighted by Crippen LogP contribution is -2.61. The number of benzene rings is 1. The van der Waals surface area contributed by atoms with E-state index < -0.39 is 182 Å². The van der Waals surface area contributed by atoms with E-state index in [0.29, 0.717) is 70.0 Å². The third-order valence-corrected chi connectivity index (χ3v) is 18.4. The molecule has 28 nitrogen and oxygen atoms in total. The molecule has 6 heterocycles. The Hall–Kier alpha value is -7.47. The van der Waals surface area contributed by atoms with Crippen LogP contribution < -0.4 is 37.6 Å². The fraction of sp³-hybridized carbons (Fsp3) is 0.614. The first-order chi connectivity index (χ1) is 40.9. The Morgan fingerprint density at radius 3 is 2.20 bits per heavy atom. The van der Waals surface area contributed by atoms with Crippen LogP contribution in [0.25, 0.3) is 10.9 Å². The third-order valence-electron chi connectivity index (χ3n) is 16.9. The number of nitrogens with two attached hydrogens (primary N) is 1. The number of aliphatic hydroxyl groups is 3. The highest BCUT2D eigenvalue weighted by Crippen LogP contribution is 2.36. The molecule has 29 heteroatoms. The molecule has 86 heavy (non-hydrogen) atoms. The summed E-state index contributed by atoms with van der Waals surface area (Å²) in [6.45, 7) is 3.17. The van der Waals surface area contributed by atoms with Crippen molar-refractivity contribution in [2.24, 2.45) is 29.4 Å². The maximum atomic E-state index is 15.3. The number of likely N-dealkylation sites (tertiary alicyclic amines) is 1. The van der Waals surface area contributed by atoms with Crippen molar-refractivity contribution in [3.05, 3.63) is 35.4 Å². The molecule has 2 unspecified atom stereocenters. The molecule has 0 radical (unpaired) electrons. The van der Waals surface area contributed by atoms with Crippen molar-refractivity contribution >= 4 is 92.3 Å². The molecule has 7 rings (SSSR count). The summed E-state index contributed by atoms with van der Waals surface area (Å²) in [6, 6.07) is -5.35. The first kappa shape index (κ1) is 66.1. The fourth-order valence-corrected chi connectivity index (χ4v) is 13.1. The zero-order valence-corrected chi connectivity index (χ0v) is 49.2. The SMILES string of the molecule is CC[C@H](C)[C@@H]1NC(=O)CNC(=O)[C@H]2Cc3c([nH]c4c(CN5CCC(CCC(=O)CCCCCN6C(=O)C=CC6=O)C5)c(O)ccc34)S(=O)C[C@H](NC(=O)CNC1=O)C(=O)C[C@@H](CC(N)=O)C(=O)N1C[C@H](O)C[C@H]1C(=O)N[C@@H]([C@@H](C)[C@@H](O)CO)C(=O)N2. The van der Waals surface area contributed by atoms with Crippen molar-refractivity contribution in [3.8, 4) is 5.75 Å². The van der Waals surface area contributed by atoms with Crippen LogP contribution in [0, 0.1) is 23.7 Å². The number of Topliss-reactive ketones (excluding diaryl/α,β-unsaturated/α-hetero) is 2. The van der Waals surface area contributed by atoms with Crippen LogP contribution in [0.15, 0.2) is 29.3 Å². The standard InChI is InChI=1S/C57H79N11O17S/c1-4-29(2)49-54(82)60-22-45(76)61-39-28-86(85)56-36(35-11-12-41(72)37(51(35)65-56)26-66-17-15-31(24-66)9-10-33(70)8-6-5-7-16-67-47(78)13-14-48(67)79)21-38(52(80)59-23-46(77)63-49)62-55(83)50(30(3)43(74)27-69)64-53(81)40-20-34(71)25-68(40)57(84)32(18-42(39)73)19-44(58)75/h11-14,29-32,34,38-40,43,49-50,65,69,71-72,74H,4-10,15-28H2,1-3H3,(H2,58,75)(H,59,80)(H,60,82)(H,61,76)(H,62,83)(H,63,77)(H,64,81)/t29-,30-,31?,32-,34+,38+,39-,40-,43-,49-,50-,86?/m0/s1. The van der Waals surface area contributed by atoms with Gasteiger partial charge in [0.2, 0.25) is 47.3 Å². The number of imide groups is 1. The number of rotatable bonds is 18. The van der Waals surface area contributed by atoms with Crippen LogP contribution in [-0.2, 0) is 81.3 Å². The Balaban J connectivity index is 1.27. The van der Waals surface area contributed by atoms with E-state index in [-0.39, 0.29) is 63.8 Å². The summed E-state index contributed by atoms with van der Waals surface area (Å²) in [7, 11) is -2.45. The highest BCUT2D eigenvalue weighted by molar-refractivity contribution is 7.85. The minimum atomic E-state index is -2.45. The number of unbranched alkanes of at least 4 members (excludes halogenated alkanes) is 2. The lowest BCUT2D eigenvalue weighted by molar-refractivity contribution is -0.145. The molecule has 10 amide bonds. The predicted molar refractivity (Wildman–Crippen MR) is 305 cm³/mol. The number of primary amides is 1. The molecule has 2 saturated heterocycles. The number of phenols is 1. The second-order valence-electron chi connectivity index (χ2n) is 23.2. The number of nitrogens with zero attached hydrogens (tertiary/aromatic N) is 3.